The van der Waals surface area contributed by atoms with E-state index in [0.29, 0.717) is 135 Å². The molecular weight excluding hydrogens is 1730 g/mol. The Kier molecular flexibility index (Phi) is 25.1. The monoisotopic (exact) mass is 1850 g/mol. The fourth-order valence-corrected chi connectivity index (χ4v) is 26.8. The van der Waals surface area contributed by atoms with Crippen molar-refractivity contribution in [2.24, 2.45) is 69.0 Å². The van der Waals surface area contributed by atoms with Gasteiger partial charge in [-0.05, 0) is 293 Å². The second kappa shape index (κ2) is 37.9. The van der Waals surface area contributed by atoms with E-state index in [4.69, 9.17) is 23.2 Å². The molecule has 4 heterocycles. The van der Waals surface area contributed by atoms with Crippen molar-refractivity contribution in [2.75, 3.05) is 0 Å². The van der Waals surface area contributed by atoms with E-state index in [1.807, 2.05) is 117 Å². The van der Waals surface area contributed by atoms with Gasteiger partial charge in [-0.3, -0.25) is 37.9 Å². The van der Waals surface area contributed by atoms with Gasteiger partial charge in [0, 0.05) is 69.1 Å². The molecule has 16 aromatic rings. The number of para-hydroxylation sites is 1. The highest BCUT2D eigenvalue weighted by molar-refractivity contribution is 6.36. The second-order valence-electron chi connectivity index (χ2n) is 42.8. The van der Waals surface area contributed by atoms with Gasteiger partial charge in [0.15, 0.2) is 23.1 Å². The van der Waals surface area contributed by atoms with E-state index in [1.54, 1.807) is 23.1 Å². The lowest BCUT2D eigenvalue weighted by molar-refractivity contribution is -0.0614. The number of nitrogens with zero attached hydrogens (tertiary/aromatic N) is 9. The van der Waals surface area contributed by atoms with Crippen LogP contribution in [0, 0.1) is 86.2 Å². The van der Waals surface area contributed by atoms with Gasteiger partial charge in [0.2, 0.25) is 0 Å². The zero-order valence-corrected chi connectivity index (χ0v) is 80.1. The molecule has 16 heteroatoms. The van der Waals surface area contributed by atoms with Gasteiger partial charge in [0.1, 0.15) is 5.82 Å². The zero-order chi connectivity index (χ0) is 93.9. The van der Waals surface area contributed by atoms with Crippen LogP contribution in [0.1, 0.15) is 225 Å². The molecule has 8 aliphatic rings. The molecule has 4 spiro atoms. The van der Waals surface area contributed by atoms with Crippen LogP contribution in [-0.4, -0.2) is 62.3 Å². The lowest BCUT2D eigenvalue weighted by Gasteiger charge is -2.57. The molecule has 8 aliphatic carbocycles. The third kappa shape index (κ3) is 19.2. The van der Waals surface area contributed by atoms with Gasteiger partial charge in [-0.2, -0.15) is 25.7 Å². The van der Waals surface area contributed by atoms with E-state index in [-0.39, 0.29) is 29.0 Å². The molecule has 0 saturated heterocycles. The first-order chi connectivity index (χ1) is 66.5. The number of fused-ring (bicyclic) bond motifs is 4. The number of carbonyl (C=O) groups is 4. The van der Waals surface area contributed by atoms with Crippen LogP contribution in [0.25, 0.3) is 88.1 Å². The molecule has 0 unspecified atom stereocenters. The summed E-state index contributed by atoms with van der Waals surface area (Å²) < 4.78 is 22.2. The topological polar surface area (TPSA) is 163 Å². The lowest BCUT2D eigenvalue weighted by Crippen LogP contribution is -2.47. The Bertz CT molecular complexity index is 7200. The summed E-state index contributed by atoms with van der Waals surface area (Å²) in [5.41, 5.74) is 22.7. The first kappa shape index (κ1) is 90.7. The average molecular weight is 1850 g/mol. The number of aromatic nitrogens is 8. The number of rotatable bonds is 24. The fraction of sp³-hybridized carbons (Fsp3) is 0.331. The summed E-state index contributed by atoms with van der Waals surface area (Å²) in [5, 5.41) is 32.0. The molecule has 0 aliphatic heterocycles. The third-order valence-corrected chi connectivity index (χ3v) is 32.3. The van der Waals surface area contributed by atoms with Crippen LogP contribution in [0.15, 0.2) is 292 Å². The maximum Gasteiger partial charge on any atom is 0.165 e. The summed E-state index contributed by atoms with van der Waals surface area (Å²) >= 11 is 12.9. The molecule has 12 aromatic carbocycles. The fourth-order valence-electron chi connectivity index (χ4n) is 26.3. The van der Waals surface area contributed by atoms with Crippen molar-refractivity contribution in [3.8, 4) is 50.6 Å². The number of carbonyl (C=O) groups excluding carboxylic acids is 4. The zero-order valence-electron chi connectivity index (χ0n) is 78.6. The number of nitriles is 1. The molecule has 0 amide bonds. The molecule has 0 bridgehead atoms. The Labute approximate surface area is 811 Å². The summed E-state index contributed by atoms with van der Waals surface area (Å²) in [5.74, 6) is 5.90. The van der Waals surface area contributed by atoms with Crippen LogP contribution in [0.2, 0.25) is 10.0 Å². The molecule has 8 saturated carbocycles. The maximum atomic E-state index is 14.6. The molecule has 13 nitrogen and oxygen atoms in total. The Morgan fingerprint density at radius 2 is 0.635 bits per heavy atom. The van der Waals surface area contributed by atoms with E-state index in [0.717, 1.165) is 101 Å². The van der Waals surface area contributed by atoms with Gasteiger partial charge >= 0.3 is 0 Å². The highest BCUT2D eigenvalue weighted by Crippen LogP contribution is 2.65. The molecular formula is C121H116Cl2FN9O4. The smallest absolute Gasteiger partial charge is 0.165 e. The number of benzene rings is 12. The largest absolute Gasteiger partial charge is 0.294 e. The van der Waals surface area contributed by atoms with Gasteiger partial charge in [0.05, 0.1) is 95.1 Å². The van der Waals surface area contributed by atoms with E-state index in [2.05, 4.69) is 218 Å². The first-order valence-corrected chi connectivity index (χ1v) is 50.3. The number of hydrogen-bond acceptors (Lipinski definition) is 9. The third-order valence-electron chi connectivity index (χ3n) is 31.8. The van der Waals surface area contributed by atoms with Gasteiger partial charge < -0.3 is 0 Å². The molecule has 24 rings (SSSR count). The Morgan fingerprint density at radius 3 is 1.03 bits per heavy atom. The summed E-state index contributed by atoms with van der Waals surface area (Å²) in [6.07, 6.45) is 29.8. The van der Waals surface area contributed by atoms with Crippen LogP contribution >= 0.6 is 23.2 Å². The van der Waals surface area contributed by atoms with E-state index < -0.39 is 0 Å². The molecule has 0 atom stereocenters. The lowest BCUT2D eigenvalue weighted by atomic mass is 9.48. The van der Waals surface area contributed by atoms with Crippen molar-refractivity contribution in [2.45, 2.75) is 182 Å². The minimum Gasteiger partial charge on any atom is -0.294 e. The number of halogens is 3. The van der Waals surface area contributed by atoms with Crippen molar-refractivity contribution in [1.82, 2.24) is 39.1 Å². The quantitative estimate of drug-likeness (QED) is 0.0536. The van der Waals surface area contributed by atoms with Gasteiger partial charge in [-0.1, -0.05) is 263 Å². The van der Waals surface area contributed by atoms with Crippen molar-refractivity contribution >= 4 is 89.9 Å². The minimum absolute atomic E-state index is 0.110. The molecule has 0 N–H and O–H groups in total. The molecule has 4 aromatic heterocycles. The Balaban J connectivity index is 0.000000109. The van der Waals surface area contributed by atoms with Crippen molar-refractivity contribution < 1.29 is 23.6 Å². The summed E-state index contributed by atoms with van der Waals surface area (Å²) in [6.45, 7) is 11.6. The van der Waals surface area contributed by atoms with Crippen LogP contribution in [0.4, 0.5) is 4.39 Å². The van der Waals surface area contributed by atoms with Crippen LogP contribution in [-0.2, 0) is 26.2 Å². The van der Waals surface area contributed by atoms with Crippen molar-refractivity contribution in [3.63, 3.8) is 0 Å². The van der Waals surface area contributed by atoms with E-state index in [1.165, 1.54) is 142 Å². The second-order valence-corrected chi connectivity index (χ2v) is 43.6. The SMILES string of the molecule is CC1CC2(C1)CC(CC(=O)c1cc(Cl)cc3cnn(Cc4ccc(-c5ccccc5)cc4)c13)C2.CC1CC2(C1)CC(CC(=O)c1ccc(Cl)c3cnn(Cc4ccc(-c5cccc(C#N)c5)cc4)c13)C2.CC1CC2(C1)CC(CC(=O)c1ccc(F)c3cnn(Cc4ccc(-c5ccccc5)cc4)c13)C2.CC1CC2(C1)CC(CC(=O)c1cccc3cnn(Cc4ccc(-c5ccccc5)cc4)c13)C2. The Morgan fingerprint density at radius 1 is 0.321 bits per heavy atom. The van der Waals surface area contributed by atoms with E-state index in [9.17, 15) is 28.8 Å². The highest BCUT2D eigenvalue weighted by Gasteiger charge is 2.55. The van der Waals surface area contributed by atoms with Gasteiger partial charge in [0.25, 0.3) is 0 Å². The molecule has 690 valence electrons. The van der Waals surface area contributed by atoms with Crippen LogP contribution in [0.5, 0.6) is 0 Å². The van der Waals surface area contributed by atoms with Gasteiger partial charge in [-0.15, -0.1) is 0 Å². The molecule has 0 radical (unpaired) electrons. The molecule has 8 fully saturated rings. The van der Waals surface area contributed by atoms with Crippen molar-refractivity contribution in [1.29, 1.82) is 5.26 Å². The van der Waals surface area contributed by atoms with Gasteiger partial charge in [-0.25, -0.2) is 4.39 Å². The summed E-state index contributed by atoms with van der Waals surface area (Å²) in [7, 11) is 0. The average Bonchev–Trinajstić information content (AvgIpc) is 1.29. The maximum absolute atomic E-state index is 14.6. The van der Waals surface area contributed by atoms with Crippen molar-refractivity contribution in [3.05, 3.63) is 358 Å². The normalized spacial score (nSPS) is 23.4. The predicted molar refractivity (Wildman–Crippen MR) is 548 cm³/mol. The standard InChI is InChI=1S/C31H28ClN3O.C30H29ClN2O.C30H29FN2O.C30H30N2O/c1-20-13-31(14-20)15-23(16-31)12-29(36)26-9-10-28(32)27-18-34-35(30(26)27)19-21-5-7-24(8-6-21)25-4-2-3-22(11-25)17-33;1-20-14-30(15-20)16-22(17-30)11-28(34)27-13-26(31)12-25-18-32-33(29(25)27)19-21-7-9-24(10-8-21)23-5-3-2-4-6-23;1-20-14-30(15-20)16-22(17-30)13-28(34)25-11-12-27(31)26-18-32-33(29(25)26)19-21-7-9-24(10-8-21)23-5-3-2-4-6-23;1-21-15-30(16-21)17-23(18-30)14-28(33)27-9-5-8-26-19-31-32(29(26)27)20-22-10-12-25(13-11-22)24-6-3-2-4-7-24/h2-11,18,20,23H,12-16,19H2,1H3;2-10,12-13,18,20,22H,11,14-17,19H2,1H3;2-12,18,20,22H,13-17,19H2,1H3;2-13,19,21,23H,14-18,20H2,1H3. The minimum atomic E-state index is -0.330. The molecule has 137 heavy (non-hydrogen) atoms. The number of ketones is 4. The van der Waals surface area contributed by atoms with Crippen LogP contribution < -0.4 is 0 Å². The van der Waals surface area contributed by atoms with E-state index >= 15 is 0 Å². The van der Waals surface area contributed by atoms with Crippen LogP contribution in [0.3, 0.4) is 0 Å². The highest BCUT2D eigenvalue weighted by atomic mass is 35.5. The first-order valence-electron chi connectivity index (χ1n) is 49.5. The Hall–Kier alpha value is -12.8. The summed E-state index contributed by atoms with van der Waals surface area (Å²) in [6, 6.07) is 91.2. The predicted octanol–water partition coefficient (Wildman–Crippen LogP) is 29.9. The summed E-state index contributed by atoms with van der Waals surface area (Å²) in [4.78, 5) is 53.4. The number of Topliss-reactive ketones (excluding diaryl/α,β-unsaturated/α-hetero) is 4. The number of hydrogen-bond donors (Lipinski definition) is 0.